The van der Waals surface area contributed by atoms with Crippen LogP contribution in [-0.2, 0) is 21.2 Å². The Morgan fingerprint density at radius 2 is 1.80 bits per heavy atom. The first kappa shape index (κ1) is 17.8. The Labute approximate surface area is 149 Å². The minimum Gasteiger partial charge on any atom is -0.375 e. The van der Waals surface area contributed by atoms with Crippen molar-refractivity contribution >= 4 is 21.4 Å². The van der Waals surface area contributed by atoms with E-state index in [1.807, 2.05) is 31.2 Å². The number of hydrogen-bond acceptors (Lipinski definition) is 4. The van der Waals surface area contributed by atoms with Gasteiger partial charge in [-0.1, -0.05) is 19.1 Å². The average Bonchev–Trinajstić information content (AvgIpc) is 2.62. The molecular weight excluding hydrogens is 336 g/mol. The molecule has 1 N–H and O–H groups in total. The summed E-state index contributed by atoms with van der Waals surface area (Å²) in [6, 6.07) is 14.5. The predicted octanol–water partition coefficient (Wildman–Crippen LogP) is 3.27. The number of nitrogens with one attached hydrogen (secondary N) is 1. The molecule has 1 heterocycles. The van der Waals surface area contributed by atoms with Gasteiger partial charge in [-0.3, -0.25) is 4.72 Å². The monoisotopic (exact) mass is 360 g/mol. The lowest BCUT2D eigenvalue weighted by Gasteiger charge is -2.33. The van der Waals surface area contributed by atoms with Crippen LogP contribution in [0.1, 0.15) is 19.4 Å². The first-order chi connectivity index (χ1) is 12.0. The largest absolute Gasteiger partial charge is 0.375 e. The lowest BCUT2D eigenvalue weighted by Crippen LogP contribution is -2.41. The Morgan fingerprint density at radius 3 is 2.40 bits per heavy atom. The summed E-state index contributed by atoms with van der Waals surface area (Å²) in [5.41, 5.74) is 2.75. The molecule has 0 saturated carbocycles. The molecule has 1 unspecified atom stereocenters. The second-order valence-corrected chi connectivity index (χ2v) is 7.96. The smallest absolute Gasteiger partial charge is 0.261 e. The van der Waals surface area contributed by atoms with E-state index in [0.29, 0.717) is 12.3 Å². The third-order valence-electron chi connectivity index (χ3n) is 4.37. The van der Waals surface area contributed by atoms with Crippen molar-refractivity contribution in [1.82, 2.24) is 0 Å². The maximum absolute atomic E-state index is 12.5. The van der Waals surface area contributed by atoms with Crippen molar-refractivity contribution in [2.75, 3.05) is 29.3 Å². The second kappa shape index (κ2) is 7.45. The van der Waals surface area contributed by atoms with Gasteiger partial charge in [0.25, 0.3) is 10.0 Å². The van der Waals surface area contributed by atoms with E-state index in [2.05, 4.69) is 16.5 Å². The van der Waals surface area contributed by atoms with Gasteiger partial charge in [-0.05, 0) is 55.3 Å². The molecule has 0 aromatic heterocycles. The first-order valence-electron chi connectivity index (χ1n) is 8.56. The van der Waals surface area contributed by atoms with Gasteiger partial charge in [-0.2, -0.15) is 0 Å². The molecule has 2 aromatic rings. The summed E-state index contributed by atoms with van der Waals surface area (Å²) in [5, 5.41) is 0. The molecule has 0 radical (unpaired) electrons. The van der Waals surface area contributed by atoms with E-state index < -0.39 is 10.0 Å². The van der Waals surface area contributed by atoms with E-state index in [9.17, 15) is 8.42 Å². The van der Waals surface area contributed by atoms with Gasteiger partial charge in [0.1, 0.15) is 0 Å². The lowest BCUT2D eigenvalue weighted by molar-refractivity contribution is 0.0532. The number of anilines is 2. The summed E-state index contributed by atoms with van der Waals surface area (Å²) in [6.07, 6.45) is 1.09. The highest BCUT2D eigenvalue weighted by atomic mass is 32.2. The second-order valence-electron chi connectivity index (χ2n) is 6.28. The van der Waals surface area contributed by atoms with Gasteiger partial charge in [-0.15, -0.1) is 0 Å². The topological polar surface area (TPSA) is 58.6 Å². The number of aryl methyl sites for hydroxylation is 1. The average molecular weight is 360 g/mol. The molecule has 0 spiro atoms. The van der Waals surface area contributed by atoms with E-state index in [-0.39, 0.29) is 11.0 Å². The minimum atomic E-state index is -3.57. The van der Waals surface area contributed by atoms with Crippen LogP contribution in [0.5, 0.6) is 0 Å². The molecule has 6 heteroatoms. The fourth-order valence-corrected chi connectivity index (χ4v) is 3.97. The number of ether oxygens (including phenoxy) is 1. The molecule has 134 valence electrons. The first-order valence-corrected chi connectivity index (χ1v) is 10.0. The van der Waals surface area contributed by atoms with E-state index >= 15 is 0 Å². The highest BCUT2D eigenvalue weighted by molar-refractivity contribution is 7.92. The molecule has 1 atom stereocenters. The Kier molecular flexibility index (Phi) is 5.30. The van der Waals surface area contributed by atoms with Crippen molar-refractivity contribution in [3.8, 4) is 0 Å². The molecule has 1 aliphatic rings. The molecular formula is C19H24N2O3S. The van der Waals surface area contributed by atoms with Gasteiger partial charge in [-0.25, -0.2) is 8.42 Å². The van der Waals surface area contributed by atoms with Gasteiger partial charge in [0.15, 0.2) is 0 Å². The van der Waals surface area contributed by atoms with Crippen LogP contribution in [-0.4, -0.2) is 34.2 Å². The van der Waals surface area contributed by atoms with Crippen LogP contribution in [0.25, 0.3) is 0 Å². The van der Waals surface area contributed by atoms with E-state index in [4.69, 9.17) is 4.74 Å². The molecule has 1 saturated heterocycles. The Balaban J connectivity index is 1.71. The fraction of sp³-hybridized carbons (Fsp3) is 0.368. The van der Waals surface area contributed by atoms with Crippen molar-refractivity contribution < 1.29 is 13.2 Å². The quantitative estimate of drug-likeness (QED) is 0.889. The van der Waals surface area contributed by atoms with E-state index in [0.717, 1.165) is 30.8 Å². The van der Waals surface area contributed by atoms with Crippen LogP contribution in [0.3, 0.4) is 0 Å². The fourth-order valence-electron chi connectivity index (χ4n) is 2.91. The van der Waals surface area contributed by atoms with Crippen molar-refractivity contribution in [1.29, 1.82) is 0 Å². The summed E-state index contributed by atoms with van der Waals surface area (Å²) in [7, 11) is -3.57. The number of sulfonamides is 1. The van der Waals surface area contributed by atoms with Crippen LogP contribution in [0.4, 0.5) is 11.4 Å². The van der Waals surface area contributed by atoms with Crippen LogP contribution < -0.4 is 9.62 Å². The molecule has 1 fully saturated rings. The maximum atomic E-state index is 12.5. The third kappa shape index (κ3) is 4.32. The number of nitrogens with zero attached hydrogens (tertiary/aromatic N) is 1. The van der Waals surface area contributed by atoms with Crippen molar-refractivity contribution in [3.05, 3.63) is 54.1 Å². The highest BCUT2D eigenvalue weighted by Crippen LogP contribution is 2.22. The van der Waals surface area contributed by atoms with Crippen molar-refractivity contribution in [2.24, 2.45) is 0 Å². The summed E-state index contributed by atoms with van der Waals surface area (Å²) < 4.78 is 33.2. The Morgan fingerprint density at radius 1 is 1.12 bits per heavy atom. The summed E-state index contributed by atoms with van der Waals surface area (Å²) in [6.45, 7) is 6.49. The summed E-state index contributed by atoms with van der Waals surface area (Å²) >= 11 is 0. The van der Waals surface area contributed by atoms with Gasteiger partial charge >= 0.3 is 0 Å². The highest BCUT2D eigenvalue weighted by Gasteiger charge is 2.18. The van der Waals surface area contributed by atoms with Crippen LogP contribution in [0.15, 0.2) is 53.4 Å². The molecule has 25 heavy (non-hydrogen) atoms. The number of hydrogen-bond donors (Lipinski definition) is 1. The predicted molar refractivity (Wildman–Crippen MR) is 101 cm³/mol. The number of benzene rings is 2. The zero-order valence-electron chi connectivity index (χ0n) is 14.6. The van der Waals surface area contributed by atoms with Crippen LogP contribution >= 0.6 is 0 Å². The molecule has 1 aliphatic heterocycles. The van der Waals surface area contributed by atoms with Crippen molar-refractivity contribution in [3.63, 3.8) is 0 Å². The molecule has 5 nitrogen and oxygen atoms in total. The Bertz CT molecular complexity index is 802. The molecule has 0 aliphatic carbocycles. The normalized spacial score (nSPS) is 18.2. The third-order valence-corrected chi connectivity index (χ3v) is 5.76. The molecule has 0 amide bonds. The van der Waals surface area contributed by atoms with Crippen molar-refractivity contribution in [2.45, 2.75) is 31.3 Å². The zero-order chi connectivity index (χ0) is 17.9. The zero-order valence-corrected chi connectivity index (χ0v) is 15.4. The number of morpholine rings is 1. The van der Waals surface area contributed by atoms with Gasteiger partial charge in [0.05, 0.1) is 17.6 Å². The Hall–Kier alpha value is -2.05. The van der Waals surface area contributed by atoms with Crippen LogP contribution in [0.2, 0.25) is 0 Å². The van der Waals surface area contributed by atoms with Gasteiger partial charge in [0, 0.05) is 24.5 Å². The SMILES string of the molecule is CCc1ccc(S(=O)(=O)Nc2ccc(N3CCOC(C)C3)cc2)cc1. The maximum Gasteiger partial charge on any atom is 0.261 e. The van der Waals surface area contributed by atoms with Crippen LogP contribution in [0, 0.1) is 0 Å². The number of rotatable bonds is 5. The molecule has 3 rings (SSSR count). The standard InChI is InChI=1S/C19H24N2O3S/c1-3-16-4-10-19(11-5-16)25(22,23)20-17-6-8-18(9-7-17)21-12-13-24-15(2)14-21/h4-11,15,20H,3,12-14H2,1-2H3. The molecule has 2 aromatic carbocycles. The molecule has 0 bridgehead atoms. The van der Waals surface area contributed by atoms with Gasteiger partial charge < -0.3 is 9.64 Å². The summed E-state index contributed by atoms with van der Waals surface area (Å²) in [5.74, 6) is 0. The lowest BCUT2D eigenvalue weighted by atomic mass is 10.2. The minimum absolute atomic E-state index is 0.207. The summed E-state index contributed by atoms with van der Waals surface area (Å²) in [4.78, 5) is 2.52. The van der Waals surface area contributed by atoms with E-state index in [1.54, 1.807) is 24.3 Å². The van der Waals surface area contributed by atoms with Gasteiger partial charge in [0.2, 0.25) is 0 Å². The van der Waals surface area contributed by atoms with E-state index in [1.165, 1.54) is 0 Å².